The molecule has 2 nitrogen and oxygen atoms in total. The molecule has 1 aromatic carbocycles. The Balaban J connectivity index is 2.70. The third-order valence-electron chi connectivity index (χ3n) is 2.91. The van der Waals surface area contributed by atoms with Crippen LogP contribution >= 0.6 is 0 Å². The van der Waals surface area contributed by atoms with E-state index in [-0.39, 0.29) is 17.9 Å². The summed E-state index contributed by atoms with van der Waals surface area (Å²) in [4.78, 5) is 13.8. The number of hydrogen-bond acceptors (Lipinski definition) is 2. The van der Waals surface area contributed by atoms with E-state index < -0.39 is 5.82 Å². The average molecular weight is 223 g/mol. The van der Waals surface area contributed by atoms with E-state index in [0.29, 0.717) is 6.04 Å². The summed E-state index contributed by atoms with van der Waals surface area (Å²) in [6.07, 6.45) is 0.973. The minimum atomic E-state index is -0.440. The predicted molar refractivity (Wildman–Crippen MR) is 63.1 cm³/mol. The van der Waals surface area contributed by atoms with Crippen LogP contribution in [0.15, 0.2) is 24.3 Å². The lowest BCUT2D eigenvalue weighted by Crippen LogP contribution is -2.33. The SMILES string of the molecule is CCC(C)N(C)CC(=O)c1ccccc1F. The van der Waals surface area contributed by atoms with Gasteiger partial charge in [-0.3, -0.25) is 9.69 Å². The maximum atomic E-state index is 13.3. The molecule has 0 amide bonds. The molecule has 3 heteroatoms. The number of likely N-dealkylation sites (N-methyl/N-ethyl adjacent to an activating group) is 1. The second-order valence-electron chi connectivity index (χ2n) is 4.08. The Morgan fingerprint density at radius 3 is 2.62 bits per heavy atom. The largest absolute Gasteiger partial charge is 0.296 e. The number of benzene rings is 1. The number of halogens is 1. The van der Waals surface area contributed by atoms with Gasteiger partial charge in [0.1, 0.15) is 5.82 Å². The molecule has 0 aliphatic rings. The van der Waals surface area contributed by atoms with E-state index in [2.05, 4.69) is 13.8 Å². The van der Waals surface area contributed by atoms with Crippen LogP contribution in [-0.2, 0) is 0 Å². The lowest BCUT2D eigenvalue weighted by Gasteiger charge is -2.22. The van der Waals surface area contributed by atoms with Gasteiger partial charge in [-0.1, -0.05) is 19.1 Å². The maximum Gasteiger partial charge on any atom is 0.179 e. The Morgan fingerprint density at radius 2 is 2.06 bits per heavy atom. The molecule has 1 unspecified atom stereocenters. The quantitative estimate of drug-likeness (QED) is 0.715. The van der Waals surface area contributed by atoms with Crippen LogP contribution in [0.4, 0.5) is 4.39 Å². The van der Waals surface area contributed by atoms with Gasteiger partial charge in [-0.25, -0.2) is 4.39 Å². The average Bonchev–Trinajstić information content (AvgIpc) is 2.28. The zero-order chi connectivity index (χ0) is 12.1. The van der Waals surface area contributed by atoms with E-state index >= 15 is 0 Å². The normalized spacial score (nSPS) is 12.8. The molecule has 0 aliphatic carbocycles. The summed E-state index contributed by atoms with van der Waals surface area (Å²) >= 11 is 0. The van der Waals surface area contributed by atoms with E-state index in [9.17, 15) is 9.18 Å². The van der Waals surface area contributed by atoms with Crippen LogP contribution < -0.4 is 0 Å². The summed E-state index contributed by atoms with van der Waals surface area (Å²) < 4.78 is 13.3. The van der Waals surface area contributed by atoms with Gasteiger partial charge in [0.15, 0.2) is 5.78 Å². The number of carbonyl (C=O) groups is 1. The first-order valence-corrected chi connectivity index (χ1v) is 5.54. The van der Waals surface area contributed by atoms with Crippen molar-refractivity contribution in [2.75, 3.05) is 13.6 Å². The lowest BCUT2D eigenvalue weighted by molar-refractivity contribution is 0.0919. The van der Waals surface area contributed by atoms with Crippen molar-refractivity contribution < 1.29 is 9.18 Å². The van der Waals surface area contributed by atoms with Crippen molar-refractivity contribution in [1.82, 2.24) is 4.90 Å². The second kappa shape index (κ2) is 5.75. The Morgan fingerprint density at radius 1 is 1.44 bits per heavy atom. The number of Topliss-reactive ketones (excluding diaryl/α,β-unsaturated/α-hetero) is 1. The van der Waals surface area contributed by atoms with Crippen molar-refractivity contribution in [3.63, 3.8) is 0 Å². The molecule has 88 valence electrons. The molecule has 0 radical (unpaired) electrons. The summed E-state index contributed by atoms with van der Waals surface area (Å²) in [6.45, 7) is 4.37. The second-order valence-corrected chi connectivity index (χ2v) is 4.08. The number of nitrogens with zero attached hydrogens (tertiary/aromatic N) is 1. The Hall–Kier alpha value is -1.22. The number of carbonyl (C=O) groups excluding carboxylic acids is 1. The molecule has 0 N–H and O–H groups in total. The van der Waals surface area contributed by atoms with E-state index in [1.807, 2.05) is 11.9 Å². The Kier molecular flexibility index (Phi) is 4.62. The fraction of sp³-hybridized carbons (Fsp3) is 0.462. The van der Waals surface area contributed by atoms with Crippen molar-refractivity contribution >= 4 is 5.78 Å². The molecule has 1 aromatic rings. The van der Waals surface area contributed by atoms with Crippen LogP contribution in [0, 0.1) is 5.82 Å². The summed E-state index contributed by atoms with van der Waals surface area (Å²) in [5, 5.41) is 0. The van der Waals surface area contributed by atoms with Crippen LogP contribution in [0.25, 0.3) is 0 Å². The Bertz CT molecular complexity index is 365. The molecule has 1 rings (SSSR count). The van der Waals surface area contributed by atoms with Crippen LogP contribution in [0.3, 0.4) is 0 Å². The van der Waals surface area contributed by atoms with Gasteiger partial charge in [-0.15, -0.1) is 0 Å². The zero-order valence-electron chi connectivity index (χ0n) is 10.0. The van der Waals surface area contributed by atoms with Gasteiger partial charge < -0.3 is 0 Å². The zero-order valence-corrected chi connectivity index (χ0v) is 10.0. The van der Waals surface area contributed by atoms with Crippen LogP contribution in [-0.4, -0.2) is 30.3 Å². The fourth-order valence-corrected chi connectivity index (χ4v) is 1.47. The monoisotopic (exact) mass is 223 g/mol. The molecule has 0 aromatic heterocycles. The molecular weight excluding hydrogens is 205 g/mol. The Labute approximate surface area is 96.1 Å². The minimum absolute atomic E-state index is 0.166. The van der Waals surface area contributed by atoms with Crippen molar-refractivity contribution in [2.24, 2.45) is 0 Å². The first-order valence-electron chi connectivity index (χ1n) is 5.54. The van der Waals surface area contributed by atoms with Crippen molar-refractivity contribution in [3.05, 3.63) is 35.6 Å². The topological polar surface area (TPSA) is 20.3 Å². The molecule has 0 fully saturated rings. The molecule has 0 spiro atoms. The molecule has 0 aliphatic heterocycles. The fourth-order valence-electron chi connectivity index (χ4n) is 1.47. The van der Waals surface area contributed by atoms with Gasteiger partial charge in [0.25, 0.3) is 0 Å². The molecular formula is C13H18FNO. The van der Waals surface area contributed by atoms with Gasteiger partial charge in [0.2, 0.25) is 0 Å². The van der Waals surface area contributed by atoms with E-state index in [0.717, 1.165) is 6.42 Å². The van der Waals surface area contributed by atoms with E-state index in [4.69, 9.17) is 0 Å². The van der Waals surface area contributed by atoms with Crippen LogP contribution in [0.5, 0.6) is 0 Å². The van der Waals surface area contributed by atoms with E-state index in [1.54, 1.807) is 12.1 Å². The van der Waals surface area contributed by atoms with Crippen LogP contribution in [0.1, 0.15) is 30.6 Å². The third-order valence-corrected chi connectivity index (χ3v) is 2.91. The third kappa shape index (κ3) is 3.14. The first kappa shape index (κ1) is 12.8. The van der Waals surface area contributed by atoms with Gasteiger partial charge in [-0.2, -0.15) is 0 Å². The first-order chi connectivity index (χ1) is 7.56. The summed E-state index contributed by atoms with van der Waals surface area (Å²) in [5.74, 6) is -0.606. The number of ketones is 1. The summed E-state index contributed by atoms with van der Waals surface area (Å²) in [5.41, 5.74) is 0.178. The molecule has 0 saturated carbocycles. The van der Waals surface area contributed by atoms with Gasteiger partial charge >= 0.3 is 0 Å². The summed E-state index contributed by atoms with van der Waals surface area (Å²) in [6, 6.07) is 6.44. The molecule has 0 heterocycles. The maximum absolute atomic E-state index is 13.3. The smallest absolute Gasteiger partial charge is 0.179 e. The highest BCUT2D eigenvalue weighted by atomic mass is 19.1. The van der Waals surface area contributed by atoms with Crippen molar-refractivity contribution in [2.45, 2.75) is 26.3 Å². The van der Waals surface area contributed by atoms with Gasteiger partial charge in [0, 0.05) is 6.04 Å². The highest BCUT2D eigenvalue weighted by Gasteiger charge is 2.15. The molecule has 0 saturated heterocycles. The van der Waals surface area contributed by atoms with Crippen LogP contribution in [0.2, 0.25) is 0 Å². The van der Waals surface area contributed by atoms with E-state index in [1.165, 1.54) is 12.1 Å². The molecule has 16 heavy (non-hydrogen) atoms. The van der Waals surface area contributed by atoms with Gasteiger partial charge in [-0.05, 0) is 32.5 Å². The minimum Gasteiger partial charge on any atom is -0.296 e. The van der Waals surface area contributed by atoms with Crippen molar-refractivity contribution in [3.8, 4) is 0 Å². The predicted octanol–water partition coefficient (Wildman–Crippen LogP) is 2.74. The number of hydrogen-bond donors (Lipinski definition) is 0. The standard InChI is InChI=1S/C13H18FNO/c1-4-10(2)15(3)9-13(16)11-7-5-6-8-12(11)14/h5-8,10H,4,9H2,1-3H3. The lowest BCUT2D eigenvalue weighted by atomic mass is 10.1. The molecule has 1 atom stereocenters. The summed E-state index contributed by atoms with van der Waals surface area (Å²) in [7, 11) is 1.88. The van der Waals surface area contributed by atoms with Gasteiger partial charge in [0.05, 0.1) is 12.1 Å². The molecule has 0 bridgehead atoms. The highest BCUT2D eigenvalue weighted by Crippen LogP contribution is 2.09. The van der Waals surface area contributed by atoms with Crippen molar-refractivity contribution in [1.29, 1.82) is 0 Å². The highest BCUT2D eigenvalue weighted by molar-refractivity contribution is 5.97. The number of rotatable bonds is 5.